The number of halogens is 1. The standard InChI is InChI=1S/C13H19BrN4O/c1-13(2,9-4-3-5-15-6-9)12(19)18-11-8-16-10(14)7-17-11/h7-9,15H,3-6H2,1-2H3,(H,17,18,19). The van der Waals surface area contributed by atoms with E-state index in [0.717, 1.165) is 25.9 Å². The Balaban J connectivity index is 2.03. The number of hydrogen-bond acceptors (Lipinski definition) is 4. The van der Waals surface area contributed by atoms with Gasteiger partial charge in [0.05, 0.1) is 12.4 Å². The zero-order chi connectivity index (χ0) is 13.9. The van der Waals surface area contributed by atoms with Crippen LogP contribution in [0.2, 0.25) is 0 Å². The van der Waals surface area contributed by atoms with Gasteiger partial charge in [-0.15, -0.1) is 0 Å². The van der Waals surface area contributed by atoms with Crippen molar-refractivity contribution in [2.24, 2.45) is 11.3 Å². The molecule has 5 nitrogen and oxygen atoms in total. The van der Waals surface area contributed by atoms with Crippen LogP contribution in [0.15, 0.2) is 17.0 Å². The topological polar surface area (TPSA) is 66.9 Å². The predicted octanol–water partition coefficient (Wildman–Crippen LogP) is 2.20. The molecule has 0 radical (unpaired) electrons. The summed E-state index contributed by atoms with van der Waals surface area (Å²) in [6.07, 6.45) is 5.33. The van der Waals surface area contributed by atoms with Crippen LogP contribution in [0.25, 0.3) is 0 Å². The number of nitrogens with one attached hydrogen (secondary N) is 2. The lowest BCUT2D eigenvalue weighted by Gasteiger charge is -2.35. The van der Waals surface area contributed by atoms with Crippen molar-refractivity contribution in [3.05, 3.63) is 17.0 Å². The molecule has 1 amide bonds. The number of carbonyl (C=O) groups excluding carboxylic acids is 1. The van der Waals surface area contributed by atoms with E-state index in [0.29, 0.717) is 16.3 Å². The van der Waals surface area contributed by atoms with Gasteiger partial charge < -0.3 is 10.6 Å². The quantitative estimate of drug-likeness (QED) is 0.893. The van der Waals surface area contributed by atoms with Crippen LogP contribution < -0.4 is 10.6 Å². The molecule has 0 bridgehead atoms. The van der Waals surface area contributed by atoms with Crippen molar-refractivity contribution in [3.63, 3.8) is 0 Å². The summed E-state index contributed by atoms with van der Waals surface area (Å²) in [5.74, 6) is 0.840. The van der Waals surface area contributed by atoms with Crippen molar-refractivity contribution in [1.29, 1.82) is 0 Å². The fraction of sp³-hybridized carbons (Fsp3) is 0.615. The monoisotopic (exact) mass is 326 g/mol. The number of nitrogens with zero attached hydrogens (tertiary/aromatic N) is 2. The zero-order valence-corrected chi connectivity index (χ0v) is 12.8. The van der Waals surface area contributed by atoms with E-state index in [4.69, 9.17) is 0 Å². The van der Waals surface area contributed by atoms with E-state index < -0.39 is 5.41 Å². The first-order valence-electron chi connectivity index (χ1n) is 6.50. The van der Waals surface area contributed by atoms with Crippen molar-refractivity contribution in [1.82, 2.24) is 15.3 Å². The van der Waals surface area contributed by atoms with Gasteiger partial charge in [0, 0.05) is 5.41 Å². The van der Waals surface area contributed by atoms with Crippen molar-refractivity contribution in [2.45, 2.75) is 26.7 Å². The van der Waals surface area contributed by atoms with E-state index in [-0.39, 0.29) is 5.91 Å². The third-order valence-corrected chi connectivity index (χ3v) is 4.17. The van der Waals surface area contributed by atoms with Gasteiger partial charge in [0.1, 0.15) is 4.60 Å². The van der Waals surface area contributed by atoms with Crippen LogP contribution in [-0.4, -0.2) is 29.0 Å². The summed E-state index contributed by atoms with van der Waals surface area (Å²) in [6.45, 7) is 5.93. The molecule has 0 aromatic carbocycles. The summed E-state index contributed by atoms with van der Waals surface area (Å²) in [4.78, 5) is 20.6. The summed E-state index contributed by atoms with van der Waals surface area (Å²) in [7, 11) is 0. The van der Waals surface area contributed by atoms with Gasteiger partial charge in [0.25, 0.3) is 0 Å². The average Bonchev–Trinajstić information content (AvgIpc) is 2.42. The molecule has 1 fully saturated rings. The van der Waals surface area contributed by atoms with Crippen molar-refractivity contribution in [2.75, 3.05) is 18.4 Å². The van der Waals surface area contributed by atoms with E-state index in [2.05, 4.69) is 36.5 Å². The molecule has 104 valence electrons. The average molecular weight is 327 g/mol. The second-order valence-electron chi connectivity index (χ2n) is 5.44. The summed E-state index contributed by atoms with van der Waals surface area (Å²) in [5.41, 5.74) is -0.415. The number of carbonyl (C=O) groups is 1. The lowest BCUT2D eigenvalue weighted by atomic mass is 9.74. The number of piperidine rings is 1. The highest BCUT2D eigenvalue weighted by molar-refractivity contribution is 9.10. The molecule has 2 rings (SSSR count). The number of hydrogen-bond donors (Lipinski definition) is 2. The normalized spacial score (nSPS) is 20.1. The van der Waals surface area contributed by atoms with Gasteiger partial charge in [0.2, 0.25) is 5.91 Å². The molecule has 1 aromatic heterocycles. The van der Waals surface area contributed by atoms with Crippen LogP contribution in [0.1, 0.15) is 26.7 Å². The Labute approximate surface area is 121 Å². The molecule has 1 aliphatic heterocycles. The molecule has 1 aromatic rings. The van der Waals surface area contributed by atoms with Gasteiger partial charge in [-0.05, 0) is 47.8 Å². The van der Waals surface area contributed by atoms with Gasteiger partial charge in [0.15, 0.2) is 5.82 Å². The van der Waals surface area contributed by atoms with Crippen molar-refractivity contribution in [3.8, 4) is 0 Å². The first-order valence-corrected chi connectivity index (χ1v) is 7.29. The third-order valence-electron chi connectivity index (χ3n) is 3.76. The van der Waals surface area contributed by atoms with Crippen LogP contribution >= 0.6 is 15.9 Å². The Morgan fingerprint density at radius 3 is 2.84 bits per heavy atom. The predicted molar refractivity (Wildman–Crippen MR) is 77.7 cm³/mol. The first-order chi connectivity index (χ1) is 9.00. The fourth-order valence-electron chi connectivity index (χ4n) is 2.31. The van der Waals surface area contributed by atoms with E-state index in [1.807, 2.05) is 13.8 Å². The van der Waals surface area contributed by atoms with Gasteiger partial charge in [-0.1, -0.05) is 13.8 Å². The van der Waals surface area contributed by atoms with Crippen LogP contribution in [-0.2, 0) is 4.79 Å². The van der Waals surface area contributed by atoms with Gasteiger partial charge >= 0.3 is 0 Å². The lowest BCUT2D eigenvalue weighted by molar-refractivity contribution is -0.127. The largest absolute Gasteiger partial charge is 0.316 e. The highest BCUT2D eigenvalue weighted by Gasteiger charge is 2.37. The summed E-state index contributed by atoms with van der Waals surface area (Å²) in [6, 6.07) is 0. The first kappa shape index (κ1) is 14.4. The molecule has 0 saturated carbocycles. The van der Waals surface area contributed by atoms with Crippen LogP contribution in [0.3, 0.4) is 0 Å². The molecule has 2 heterocycles. The van der Waals surface area contributed by atoms with Gasteiger partial charge in [-0.2, -0.15) is 0 Å². The van der Waals surface area contributed by atoms with Crippen molar-refractivity contribution >= 4 is 27.7 Å². The Morgan fingerprint density at radius 2 is 2.26 bits per heavy atom. The Morgan fingerprint density at radius 1 is 1.47 bits per heavy atom. The maximum absolute atomic E-state index is 12.4. The number of aromatic nitrogens is 2. The molecule has 0 spiro atoms. The van der Waals surface area contributed by atoms with Gasteiger partial charge in [-0.3, -0.25) is 4.79 Å². The lowest BCUT2D eigenvalue weighted by Crippen LogP contribution is -2.44. The Bertz CT molecular complexity index is 440. The number of amides is 1. The molecule has 2 N–H and O–H groups in total. The van der Waals surface area contributed by atoms with E-state index >= 15 is 0 Å². The van der Waals surface area contributed by atoms with E-state index in [9.17, 15) is 4.79 Å². The highest BCUT2D eigenvalue weighted by atomic mass is 79.9. The number of rotatable bonds is 3. The molecule has 19 heavy (non-hydrogen) atoms. The molecule has 1 atom stereocenters. The second kappa shape index (κ2) is 5.96. The molecule has 0 aliphatic carbocycles. The summed E-state index contributed by atoms with van der Waals surface area (Å²) in [5, 5.41) is 6.20. The maximum atomic E-state index is 12.4. The fourth-order valence-corrected chi connectivity index (χ4v) is 2.51. The summed E-state index contributed by atoms with van der Waals surface area (Å²) >= 11 is 3.22. The minimum Gasteiger partial charge on any atom is -0.316 e. The van der Waals surface area contributed by atoms with Crippen molar-refractivity contribution < 1.29 is 4.79 Å². The van der Waals surface area contributed by atoms with E-state index in [1.54, 1.807) is 12.4 Å². The third kappa shape index (κ3) is 3.51. The van der Waals surface area contributed by atoms with Crippen LogP contribution in [0.4, 0.5) is 5.82 Å². The molecule has 6 heteroatoms. The zero-order valence-electron chi connectivity index (χ0n) is 11.2. The molecular weight excluding hydrogens is 308 g/mol. The molecule has 1 unspecified atom stereocenters. The SMILES string of the molecule is CC(C)(C(=O)Nc1cnc(Br)cn1)C1CCCNC1. The molecule has 1 saturated heterocycles. The maximum Gasteiger partial charge on any atom is 0.231 e. The minimum atomic E-state index is -0.415. The second-order valence-corrected chi connectivity index (χ2v) is 6.26. The highest BCUT2D eigenvalue weighted by Crippen LogP contribution is 2.32. The van der Waals surface area contributed by atoms with Crippen LogP contribution in [0, 0.1) is 11.3 Å². The minimum absolute atomic E-state index is 0.00202. The Hall–Kier alpha value is -1.01. The number of anilines is 1. The molecular formula is C13H19BrN4O. The Kier molecular flexibility index (Phi) is 4.52. The van der Waals surface area contributed by atoms with Crippen LogP contribution in [0.5, 0.6) is 0 Å². The smallest absolute Gasteiger partial charge is 0.231 e. The summed E-state index contributed by atoms with van der Waals surface area (Å²) < 4.78 is 0.654. The van der Waals surface area contributed by atoms with Gasteiger partial charge in [-0.25, -0.2) is 9.97 Å². The van der Waals surface area contributed by atoms with E-state index in [1.165, 1.54) is 0 Å². The molecule has 1 aliphatic rings.